The van der Waals surface area contributed by atoms with Gasteiger partial charge >= 0.3 is 0 Å². The average Bonchev–Trinajstić information content (AvgIpc) is 2.28. The Bertz CT molecular complexity index is 377. The summed E-state index contributed by atoms with van der Waals surface area (Å²) in [6.45, 7) is 4.11. The third kappa shape index (κ3) is 2.66. The molecule has 0 aliphatic carbocycles. The molecule has 1 unspecified atom stereocenters. The number of carbonyl (C=O) groups excluding carboxylic acids is 1. The Morgan fingerprint density at radius 1 is 1.44 bits per heavy atom. The fraction of sp³-hybridized carbons (Fsp3) is 0.417. The van der Waals surface area contributed by atoms with Gasteiger partial charge in [-0.2, -0.15) is 0 Å². The average molecular weight is 222 g/mol. The molecule has 1 N–H and O–H groups in total. The summed E-state index contributed by atoms with van der Waals surface area (Å²) in [6.07, 6.45) is 0. The number of amides is 1. The first-order chi connectivity index (χ1) is 7.60. The molecule has 0 aliphatic rings. The van der Waals surface area contributed by atoms with Crippen LogP contribution in [0.1, 0.15) is 25.3 Å². The van der Waals surface area contributed by atoms with Crippen molar-refractivity contribution >= 4 is 5.91 Å². The number of carbonyl (C=O) groups is 1. The topological polar surface area (TPSA) is 59.3 Å². The Balaban J connectivity index is 3.05. The molecule has 0 saturated carbocycles. The van der Waals surface area contributed by atoms with E-state index in [0.29, 0.717) is 18.1 Å². The predicted octanol–water partition coefficient (Wildman–Crippen LogP) is 2.01. The van der Waals surface area contributed by atoms with E-state index < -0.39 is 11.8 Å². The van der Waals surface area contributed by atoms with E-state index in [4.69, 9.17) is 15.2 Å². The molecule has 1 rings (SSSR count). The van der Waals surface area contributed by atoms with E-state index >= 15 is 0 Å². The van der Waals surface area contributed by atoms with Gasteiger partial charge in [-0.15, -0.1) is 0 Å². The normalized spacial score (nSPS) is 11.9. The summed E-state index contributed by atoms with van der Waals surface area (Å²) >= 11 is 0. The Morgan fingerprint density at radius 3 is 2.62 bits per heavy atom. The predicted molar refractivity (Wildman–Crippen MR) is 60.7 cm³/mol. The summed E-state index contributed by atoms with van der Waals surface area (Å²) in [5, 5.41) is 0. The van der Waals surface area contributed by atoms with Crippen molar-refractivity contribution in [2.45, 2.75) is 19.8 Å². The largest absolute Gasteiger partial charge is 0.493 e. The maximum Gasteiger partial charge on any atom is 0.245 e. The van der Waals surface area contributed by atoms with Crippen molar-refractivity contribution < 1.29 is 14.3 Å². The van der Waals surface area contributed by atoms with Gasteiger partial charge in [-0.25, -0.2) is 0 Å². The molecule has 0 aromatic heterocycles. The van der Waals surface area contributed by atoms with Gasteiger partial charge in [0, 0.05) is 0 Å². The summed E-state index contributed by atoms with van der Waals surface area (Å²) in [5.41, 5.74) is 7.85. The SMILES string of the molecule is CCOc1cc(C(C)C([NH])=O)ccc1OC. The van der Waals surface area contributed by atoms with Crippen LogP contribution in [0.2, 0.25) is 0 Å². The number of rotatable bonds is 5. The monoisotopic (exact) mass is 222 g/mol. The highest BCUT2D eigenvalue weighted by Gasteiger charge is 2.15. The van der Waals surface area contributed by atoms with Gasteiger partial charge in [0.1, 0.15) is 0 Å². The van der Waals surface area contributed by atoms with Crippen LogP contribution in [0.5, 0.6) is 11.5 Å². The van der Waals surface area contributed by atoms with Gasteiger partial charge in [-0.1, -0.05) is 6.07 Å². The first kappa shape index (κ1) is 12.4. The maximum absolute atomic E-state index is 11.0. The van der Waals surface area contributed by atoms with E-state index in [1.165, 1.54) is 0 Å². The number of ether oxygens (including phenoxy) is 2. The molecular formula is C12H16NO3. The van der Waals surface area contributed by atoms with Crippen molar-refractivity contribution in [3.8, 4) is 11.5 Å². The molecule has 87 valence electrons. The molecule has 4 nitrogen and oxygen atoms in total. The van der Waals surface area contributed by atoms with E-state index in [9.17, 15) is 4.79 Å². The van der Waals surface area contributed by atoms with Crippen LogP contribution in [0, 0.1) is 0 Å². The van der Waals surface area contributed by atoms with Crippen LogP contribution in [0.25, 0.3) is 0 Å². The zero-order valence-electron chi connectivity index (χ0n) is 9.74. The van der Waals surface area contributed by atoms with E-state index in [-0.39, 0.29) is 0 Å². The number of hydrogen-bond acceptors (Lipinski definition) is 3. The molecule has 1 aromatic rings. The van der Waals surface area contributed by atoms with E-state index in [2.05, 4.69) is 0 Å². The van der Waals surface area contributed by atoms with Crippen LogP contribution in [0.15, 0.2) is 18.2 Å². The first-order valence-corrected chi connectivity index (χ1v) is 5.16. The van der Waals surface area contributed by atoms with Gasteiger partial charge in [0.2, 0.25) is 5.91 Å². The van der Waals surface area contributed by atoms with E-state index in [1.807, 2.05) is 6.92 Å². The van der Waals surface area contributed by atoms with E-state index in [1.54, 1.807) is 32.2 Å². The fourth-order valence-electron chi connectivity index (χ4n) is 1.38. The third-order valence-electron chi connectivity index (χ3n) is 2.38. The van der Waals surface area contributed by atoms with Gasteiger partial charge in [-0.05, 0) is 31.5 Å². The zero-order chi connectivity index (χ0) is 12.1. The second kappa shape index (κ2) is 5.39. The summed E-state index contributed by atoms with van der Waals surface area (Å²) < 4.78 is 10.5. The molecule has 0 saturated heterocycles. The Kier molecular flexibility index (Phi) is 4.17. The molecule has 0 spiro atoms. The molecule has 1 amide bonds. The summed E-state index contributed by atoms with van der Waals surface area (Å²) in [4.78, 5) is 11.0. The molecule has 1 aromatic carbocycles. The summed E-state index contributed by atoms with van der Waals surface area (Å²) in [7, 11) is 1.57. The zero-order valence-corrected chi connectivity index (χ0v) is 9.74. The number of methoxy groups -OCH3 is 1. The molecule has 4 heteroatoms. The Labute approximate surface area is 95.3 Å². The van der Waals surface area contributed by atoms with Crippen LogP contribution < -0.4 is 15.2 Å². The van der Waals surface area contributed by atoms with Crippen LogP contribution in [-0.2, 0) is 4.79 Å². The van der Waals surface area contributed by atoms with Crippen molar-refractivity contribution in [3.05, 3.63) is 23.8 Å². The van der Waals surface area contributed by atoms with Gasteiger partial charge in [-0.3, -0.25) is 10.5 Å². The number of benzene rings is 1. The minimum atomic E-state index is -0.604. The lowest BCUT2D eigenvalue weighted by molar-refractivity contribution is -0.119. The van der Waals surface area contributed by atoms with Gasteiger partial charge < -0.3 is 9.47 Å². The summed E-state index contributed by atoms with van der Waals surface area (Å²) in [5.74, 6) is 0.198. The molecule has 0 heterocycles. The van der Waals surface area contributed by atoms with Crippen molar-refractivity contribution in [1.29, 1.82) is 0 Å². The van der Waals surface area contributed by atoms with Crippen molar-refractivity contribution in [2.24, 2.45) is 0 Å². The molecule has 16 heavy (non-hydrogen) atoms. The van der Waals surface area contributed by atoms with Crippen LogP contribution in [0.4, 0.5) is 0 Å². The van der Waals surface area contributed by atoms with Gasteiger partial charge in [0.15, 0.2) is 11.5 Å². The molecule has 0 fully saturated rings. The van der Waals surface area contributed by atoms with E-state index in [0.717, 1.165) is 5.56 Å². The highest BCUT2D eigenvalue weighted by Crippen LogP contribution is 2.30. The molecule has 1 radical (unpaired) electrons. The van der Waals surface area contributed by atoms with Crippen molar-refractivity contribution in [3.63, 3.8) is 0 Å². The lowest BCUT2D eigenvalue weighted by atomic mass is 10.0. The number of hydrogen-bond donors (Lipinski definition) is 0. The van der Waals surface area contributed by atoms with Crippen molar-refractivity contribution in [1.82, 2.24) is 5.73 Å². The van der Waals surface area contributed by atoms with Gasteiger partial charge in [0.05, 0.1) is 19.6 Å². The van der Waals surface area contributed by atoms with Crippen LogP contribution >= 0.6 is 0 Å². The molecule has 1 atom stereocenters. The van der Waals surface area contributed by atoms with Gasteiger partial charge in [0.25, 0.3) is 0 Å². The minimum absolute atomic E-state index is 0.440. The van der Waals surface area contributed by atoms with Crippen LogP contribution in [0.3, 0.4) is 0 Å². The minimum Gasteiger partial charge on any atom is -0.493 e. The Morgan fingerprint density at radius 2 is 2.12 bits per heavy atom. The number of nitrogens with one attached hydrogen (secondary N) is 1. The van der Waals surface area contributed by atoms with Crippen LogP contribution in [-0.4, -0.2) is 19.6 Å². The molecule has 0 bridgehead atoms. The quantitative estimate of drug-likeness (QED) is 0.765. The highest BCUT2D eigenvalue weighted by atomic mass is 16.5. The molecular weight excluding hydrogens is 206 g/mol. The highest BCUT2D eigenvalue weighted by molar-refractivity contribution is 5.81. The Hall–Kier alpha value is -1.71. The lowest BCUT2D eigenvalue weighted by Gasteiger charge is -2.13. The third-order valence-corrected chi connectivity index (χ3v) is 2.38. The lowest BCUT2D eigenvalue weighted by Crippen LogP contribution is -2.09. The standard InChI is InChI=1S/C12H16NO3/c1-4-16-11-7-9(8(2)12(13)14)5-6-10(11)15-3/h5-8,13H,4H2,1-3H3. The smallest absolute Gasteiger partial charge is 0.245 e. The second-order valence-electron chi connectivity index (χ2n) is 3.43. The fourth-order valence-corrected chi connectivity index (χ4v) is 1.38. The molecule has 0 aliphatic heterocycles. The second-order valence-corrected chi connectivity index (χ2v) is 3.43. The first-order valence-electron chi connectivity index (χ1n) is 5.16. The van der Waals surface area contributed by atoms with Crippen molar-refractivity contribution in [2.75, 3.05) is 13.7 Å². The maximum atomic E-state index is 11.0. The summed E-state index contributed by atoms with van der Waals surface area (Å²) in [6, 6.07) is 5.28.